The van der Waals surface area contributed by atoms with Crippen LogP contribution in [0.25, 0.3) is 0 Å². The first-order chi connectivity index (χ1) is 13.0. The fraction of sp³-hybridized carbons (Fsp3) is 0.619. The molecule has 2 aliphatic heterocycles. The van der Waals surface area contributed by atoms with Crippen LogP contribution in [0.5, 0.6) is 0 Å². The Morgan fingerprint density at radius 2 is 2.00 bits per heavy atom. The van der Waals surface area contributed by atoms with Gasteiger partial charge in [0.25, 0.3) is 5.91 Å². The van der Waals surface area contributed by atoms with E-state index in [0.29, 0.717) is 17.4 Å². The van der Waals surface area contributed by atoms with Crippen LogP contribution in [0, 0.1) is 17.3 Å². The van der Waals surface area contributed by atoms with Gasteiger partial charge in [-0.2, -0.15) is 11.8 Å². The molecule has 6 heteroatoms. The number of thioether (sulfide) groups is 1. The summed E-state index contributed by atoms with van der Waals surface area (Å²) in [5.41, 5.74) is 1.16. The molecule has 3 aliphatic carbocycles. The molecule has 2 bridgehead atoms. The Labute approximate surface area is 164 Å². The molecule has 6 rings (SSSR count). The van der Waals surface area contributed by atoms with Crippen LogP contribution in [-0.4, -0.2) is 47.0 Å². The molecule has 0 aromatic heterocycles. The zero-order chi connectivity index (χ0) is 18.6. The second-order valence-corrected chi connectivity index (χ2v) is 10.1. The van der Waals surface area contributed by atoms with Gasteiger partial charge in [0.1, 0.15) is 5.66 Å². The first kappa shape index (κ1) is 17.4. The van der Waals surface area contributed by atoms with E-state index in [1.807, 2.05) is 36.0 Å². The number of para-hydroxylation sites is 1. The molecule has 5 aliphatic rings. The second-order valence-electron chi connectivity index (χ2n) is 8.89. The summed E-state index contributed by atoms with van der Waals surface area (Å²) in [6.45, 7) is 4.03. The van der Waals surface area contributed by atoms with E-state index < -0.39 is 5.66 Å². The normalized spacial score (nSPS) is 37.5. The van der Waals surface area contributed by atoms with Crippen LogP contribution in [0.3, 0.4) is 0 Å². The van der Waals surface area contributed by atoms with Crippen LogP contribution in [0.1, 0.15) is 43.0 Å². The van der Waals surface area contributed by atoms with Crippen molar-refractivity contribution < 1.29 is 9.59 Å². The fourth-order valence-electron chi connectivity index (χ4n) is 5.83. The summed E-state index contributed by atoms with van der Waals surface area (Å²) in [6.07, 6.45) is 3.82. The molecule has 2 amide bonds. The number of benzene rings is 1. The molecule has 27 heavy (non-hydrogen) atoms. The van der Waals surface area contributed by atoms with Crippen LogP contribution in [0.4, 0.5) is 5.69 Å². The monoisotopic (exact) mass is 385 g/mol. The van der Waals surface area contributed by atoms with Gasteiger partial charge in [-0.25, -0.2) is 0 Å². The van der Waals surface area contributed by atoms with E-state index in [1.54, 1.807) is 0 Å². The number of carbonyl (C=O) groups is 2. The number of amides is 2. The Morgan fingerprint density at radius 1 is 1.22 bits per heavy atom. The number of fused-ring (bicyclic) bond motifs is 3. The molecule has 4 atom stereocenters. The highest BCUT2D eigenvalue weighted by atomic mass is 32.2. The third-order valence-electron chi connectivity index (χ3n) is 7.29. The van der Waals surface area contributed by atoms with Gasteiger partial charge in [0.15, 0.2) is 0 Å². The van der Waals surface area contributed by atoms with Gasteiger partial charge in [-0.3, -0.25) is 9.59 Å². The molecule has 1 aromatic carbocycles. The molecule has 1 saturated heterocycles. The Kier molecular flexibility index (Phi) is 3.97. The lowest BCUT2D eigenvalue weighted by Crippen LogP contribution is -2.70. The summed E-state index contributed by atoms with van der Waals surface area (Å²) < 4.78 is 0. The number of nitrogens with zero attached hydrogens (tertiary/aromatic N) is 1. The Hall–Kier alpha value is -1.69. The number of hydrogen-bond donors (Lipinski definition) is 2. The molecule has 2 N–H and O–H groups in total. The smallest absolute Gasteiger partial charge is 0.255 e. The van der Waals surface area contributed by atoms with Gasteiger partial charge in [0, 0.05) is 42.1 Å². The van der Waals surface area contributed by atoms with Crippen molar-refractivity contribution in [2.75, 3.05) is 29.9 Å². The maximum Gasteiger partial charge on any atom is 0.255 e. The van der Waals surface area contributed by atoms with E-state index in [-0.39, 0.29) is 17.2 Å². The zero-order valence-electron chi connectivity index (χ0n) is 15.8. The van der Waals surface area contributed by atoms with Crippen LogP contribution in [0.2, 0.25) is 0 Å². The van der Waals surface area contributed by atoms with Crippen molar-refractivity contribution in [3.8, 4) is 0 Å². The molecule has 144 valence electrons. The Bertz CT molecular complexity index is 793. The van der Waals surface area contributed by atoms with E-state index in [4.69, 9.17) is 0 Å². The minimum atomic E-state index is -0.410. The molecule has 0 unspecified atom stereocenters. The van der Waals surface area contributed by atoms with Gasteiger partial charge in [-0.1, -0.05) is 19.1 Å². The summed E-state index contributed by atoms with van der Waals surface area (Å²) in [5, 5.41) is 6.98. The van der Waals surface area contributed by atoms with Crippen molar-refractivity contribution in [1.82, 2.24) is 10.2 Å². The highest BCUT2D eigenvalue weighted by Gasteiger charge is 2.60. The van der Waals surface area contributed by atoms with Crippen LogP contribution >= 0.6 is 11.8 Å². The van der Waals surface area contributed by atoms with Gasteiger partial charge in [-0.05, 0) is 43.2 Å². The average Bonchev–Trinajstić information content (AvgIpc) is 2.68. The largest absolute Gasteiger partial charge is 0.362 e. The molecule has 3 saturated carbocycles. The van der Waals surface area contributed by atoms with Crippen molar-refractivity contribution >= 4 is 29.3 Å². The molecular weight excluding hydrogens is 358 g/mol. The molecule has 1 spiro atoms. The third-order valence-corrected chi connectivity index (χ3v) is 8.23. The van der Waals surface area contributed by atoms with Gasteiger partial charge in [-0.15, -0.1) is 0 Å². The first-order valence-electron chi connectivity index (χ1n) is 10.1. The quantitative estimate of drug-likeness (QED) is 0.780. The van der Waals surface area contributed by atoms with Gasteiger partial charge >= 0.3 is 0 Å². The van der Waals surface area contributed by atoms with Crippen LogP contribution in [0.15, 0.2) is 24.3 Å². The third kappa shape index (κ3) is 2.67. The molecule has 5 nitrogen and oxygen atoms in total. The highest BCUT2D eigenvalue weighted by molar-refractivity contribution is 7.99. The van der Waals surface area contributed by atoms with Crippen molar-refractivity contribution in [3.63, 3.8) is 0 Å². The van der Waals surface area contributed by atoms with E-state index >= 15 is 0 Å². The molecule has 4 fully saturated rings. The first-order valence-corrected chi connectivity index (χ1v) is 11.2. The minimum absolute atomic E-state index is 0.0106. The number of nitrogens with one attached hydrogen (secondary N) is 2. The lowest BCUT2D eigenvalue weighted by molar-refractivity contribution is -0.150. The van der Waals surface area contributed by atoms with Gasteiger partial charge in [0.05, 0.1) is 5.56 Å². The topological polar surface area (TPSA) is 61.4 Å². The molecule has 0 radical (unpaired) electrons. The molecule has 2 heterocycles. The number of anilines is 1. The Balaban J connectivity index is 1.43. The fourth-order valence-corrected chi connectivity index (χ4v) is 6.74. The lowest BCUT2D eigenvalue weighted by atomic mass is 9.51. The van der Waals surface area contributed by atoms with E-state index in [1.165, 1.54) is 0 Å². The van der Waals surface area contributed by atoms with Crippen LogP contribution < -0.4 is 10.6 Å². The molecule has 1 aromatic rings. The SMILES string of the molecule is C[C@@]12CC[C@@H](C[C@@H]1C(=O)N1CCSCC1)[C@]1(C2)NC(=O)c2ccccc2N1. The second kappa shape index (κ2) is 6.16. The van der Waals surface area contributed by atoms with Gasteiger partial charge in [0.2, 0.25) is 5.91 Å². The van der Waals surface area contributed by atoms with Crippen molar-refractivity contribution in [2.45, 2.75) is 38.3 Å². The summed E-state index contributed by atoms with van der Waals surface area (Å²) >= 11 is 1.94. The lowest BCUT2D eigenvalue weighted by Gasteiger charge is -2.61. The average molecular weight is 386 g/mol. The van der Waals surface area contributed by atoms with E-state index in [2.05, 4.69) is 22.5 Å². The van der Waals surface area contributed by atoms with E-state index in [0.717, 1.165) is 56.0 Å². The zero-order valence-corrected chi connectivity index (χ0v) is 16.6. The summed E-state index contributed by atoms with van der Waals surface area (Å²) in [6, 6.07) is 7.74. The highest BCUT2D eigenvalue weighted by Crippen LogP contribution is 2.58. The standard InChI is InChI=1S/C21H27N3O2S/c1-20-7-6-14(12-16(20)19(26)24-8-10-27-11-9-24)21(13-20)22-17-5-3-2-4-15(17)18(25)23-21/h2-5,14,16,22H,6-13H2,1H3,(H,23,25)/t14-,16+,20-,21-/m0/s1. The van der Waals surface area contributed by atoms with Crippen LogP contribution in [-0.2, 0) is 4.79 Å². The Morgan fingerprint density at radius 3 is 2.78 bits per heavy atom. The maximum atomic E-state index is 13.3. The number of hydrogen-bond acceptors (Lipinski definition) is 4. The van der Waals surface area contributed by atoms with E-state index in [9.17, 15) is 9.59 Å². The number of rotatable bonds is 1. The predicted molar refractivity (Wildman–Crippen MR) is 108 cm³/mol. The number of carbonyl (C=O) groups excluding carboxylic acids is 2. The molecular formula is C21H27N3O2S. The minimum Gasteiger partial charge on any atom is -0.362 e. The summed E-state index contributed by atoms with van der Waals surface area (Å²) in [4.78, 5) is 28.2. The summed E-state index contributed by atoms with van der Waals surface area (Å²) in [5.74, 6) is 2.84. The summed E-state index contributed by atoms with van der Waals surface area (Å²) in [7, 11) is 0. The predicted octanol–water partition coefficient (Wildman–Crippen LogP) is 2.94. The van der Waals surface area contributed by atoms with Gasteiger partial charge < -0.3 is 15.5 Å². The van der Waals surface area contributed by atoms with Crippen molar-refractivity contribution in [3.05, 3.63) is 29.8 Å². The maximum absolute atomic E-state index is 13.3. The van der Waals surface area contributed by atoms with Crippen molar-refractivity contribution in [2.24, 2.45) is 17.3 Å². The van der Waals surface area contributed by atoms with Crippen molar-refractivity contribution in [1.29, 1.82) is 0 Å².